The number of para-hydroxylation sites is 2. The smallest absolute Gasteiger partial charge is 0.331 e. The van der Waals surface area contributed by atoms with Crippen LogP contribution in [0.2, 0.25) is 0 Å². The minimum Gasteiger partial charge on any atom is -0.371 e. The maximum absolute atomic E-state index is 15.2. The number of anilines is 1. The zero-order valence-corrected chi connectivity index (χ0v) is 19.8. The van der Waals surface area contributed by atoms with Gasteiger partial charge in [0.15, 0.2) is 11.6 Å². The molecule has 0 spiro atoms. The van der Waals surface area contributed by atoms with Crippen molar-refractivity contribution < 1.29 is 8.78 Å². The predicted molar refractivity (Wildman–Crippen MR) is 136 cm³/mol. The number of halogens is 2. The van der Waals surface area contributed by atoms with Gasteiger partial charge in [-0.15, -0.1) is 0 Å². The van der Waals surface area contributed by atoms with Gasteiger partial charge < -0.3 is 9.88 Å². The van der Waals surface area contributed by atoms with E-state index >= 15 is 4.39 Å². The second kappa shape index (κ2) is 7.78. The Morgan fingerprint density at radius 3 is 2.33 bits per heavy atom. The van der Waals surface area contributed by atoms with E-state index in [4.69, 9.17) is 0 Å². The molecule has 0 fully saturated rings. The fourth-order valence-corrected chi connectivity index (χ4v) is 5.18. The minimum atomic E-state index is -0.985. The van der Waals surface area contributed by atoms with Gasteiger partial charge in [0.05, 0.1) is 39.7 Å². The van der Waals surface area contributed by atoms with Crippen molar-refractivity contribution >= 4 is 16.6 Å². The van der Waals surface area contributed by atoms with Crippen LogP contribution < -0.4 is 16.6 Å². The lowest BCUT2D eigenvalue weighted by Gasteiger charge is -2.31. The molecule has 6 nitrogen and oxygen atoms in total. The number of benzene rings is 3. The highest BCUT2D eigenvalue weighted by molar-refractivity contribution is 5.99. The first kappa shape index (κ1) is 22.0. The van der Waals surface area contributed by atoms with Gasteiger partial charge in [0.2, 0.25) is 0 Å². The van der Waals surface area contributed by atoms with E-state index in [-0.39, 0.29) is 5.56 Å². The molecule has 5 aromatic rings. The van der Waals surface area contributed by atoms with Crippen molar-refractivity contribution in [2.75, 3.05) is 5.32 Å². The van der Waals surface area contributed by atoms with Crippen molar-refractivity contribution in [3.8, 4) is 16.9 Å². The van der Waals surface area contributed by atoms with Gasteiger partial charge in [-0.2, -0.15) is 0 Å². The number of hydrogen-bond acceptors (Lipinski definition) is 3. The van der Waals surface area contributed by atoms with Crippen LogP contribution in [-0.2, 0) is 14.1 Å². The largest absolute Gasteiger partial charge is 0.371 e. The van der Waals surface area contributed by atoms with Gasteiger partial charge in [0, 0.05) is 19.7 Å². The van der Waals surface area contributed by atoms with Crippen molar-refractivity contribution in [1.29, 1.82) is 0 Å². The number of aromatic nitrogens is 3. The summed E-state index contributed by atoms with van der Waals surface area (Å²) in [5.74, 6) is -1.96. The molecule has 36 heavy (non-hydrogen) atoms. The van der Waals surface area contributed by atoms with Crippen molar-refractivity contribution in [2.45, 2.75) is 13.0 Å². The monoisotopic (exact) mass is 484 g/mol. The first-order valence-corrected chi connectivity index (χ1v) is 11.5. The summed E-state index contributed by atoms with van der Waals surface area (Å²) < 4.78 is 33.9. The summed E-state index contributed by atoms with van der Waals surface area (Å²) in [7, 11) is 3.03. The van der Waals surface area contributed by atoms with Gasteiger partial charge in [0.1, 0.15) is 0 Å². The molecular weight excluding hydrogens is 462 g/mol. The third kappa shape index (κ3) is 2.94. The molecule has 0 saturated carbocycles. The van der Waals surface area contributed by atoms with E-state index < -0.39 is 28.9 Å². The maximum Gasteiger partial charge on any atom is 0.331 e. The van der Waals surface area contributed by atoms with Gasteiger partial charge in [-0.05, 0) is 30.7 Å². The molecule has 0 radical (unpaired) electrons. The third-order valence-electron chi connectivity index (χ3n) is 6.94. The normalized spacial score (nSPS) is 14.4. The van der Waals surface area contributed by atoms with Crippen LogP contribution in [0.3, 0.4) is 0 Å². The summed E-state index contributed by atoms with van der Waals surface area (Å²) in [4.78, 5) is 26.7. The van der Waals surface area contributed by atoms with E-state index in [0.717, 1.165) is 27.4 Å². The molecule has 6 rings (SSSR count). The quantitative estimate of drug-likeness (QED) is 0.392. The Kier molecular flexibility index (Phi) is 4.76. The number of nitrogens with zero attached hydrogens (tertiary/aromatic N) is 3. The van der Waals surface area contributed by atoms with Crippen LogP contribution in [-0.4, -0.2) is 13.7 Å². The van der Waals surface area contributed by atoms with Crippen LogP contribution in [0.1, 0.15) is 22.9 Å². The second-order valence-corrected chi connectivity index (χ2v) is 9.10. The van der Waals surface area contributed by atoms with Gasteiger partial charge in [-0.3, -0.25) is 13.9 Å². The summed E-state index contributed by atoms with van der Waals surface area (Å²) in [5.41, 5.74) is 3.81. The molecule has 1 atom stereocenters. The number of fused-ring (bicyclic) bond motifs is 5. The molecule has 1 N–H and O–H groups in total. The van der Waals surface area contributed by atoms with Crippen molar-refractivity contribution in [1.82, 2.24) is 13.7 Å². The summed E-state index contributed by atoms with van der Waals surface area (Å²) in [6.07, 6.45) is 0. The standard InChI is InChI=1S/C28H22F2N4O2/c1-15-11-13-16(14-12-15)24-21-25(32(2)28(36)33(3)27(21)35)26-23(17-7-6-8-18(29)22(17)30)31-19-9-4-5-10-20(19)34(24)26/h4-14,23,31H,1-3H3. The first-order valence-electron chi connectivity index (χ1n) is 11.5. The average Bonchev–Trinajstić information content (AvgIpc) is 3.24. The molecule has 0 bridgehead atoms. The van der Waals surface area contributed by atoms with E-state index in [1.807, 2.05) is 60.0 Å². The highest BCUT2D eigenvalue weighted by Crippen LogP contribution is 2.45. The zero-order chi connectivity index (χ0) is 25.3. The molecular formula is C28H22F2N4O2. The Labute approximate surface area is 204 Å². The molecule has 3 heterocycles. The van der Waals surface area contributed by atoms with Gasteiger partial charge >= 0.3 is 5.69 Å². The average molecular weight is 485 g/mol. The summed E-state index contributed by atoms with van der Waals surface area (Å²) in [5, 5.41) is 3.66. The minimum absolute atomic E-state index is 0.0775. The molecule has 0 amide bonds. The molecule has 1 unspecified atom stereocenters. The first-order chi connectivity index (χ1) is 17.3. The van der Waals surface area contributed by atoms with Crippen LogP contribution in [0, 0.1) is 18.6 Å². The summed E-state index contributed by atoms with van der Waals surface area (Å²) in [6.45, 7) is 1.97. The number of hydrogen-bond donors (Lipinski definition) is 1. The molecule has 2 aromatic heterocycles. The highest BCUT2D eigenvalue weighted by Gasteiger charge is 2.36. The van der Waals surface area contributed by atoms with Crippen LogP contribution in [0.5, 0.6) is 0 Å². The van der Waals surface area contributed by atoms with Gasteiger partial charge in [-0.1, -0.05) is 54.1 Å². The Morgan fingerprint density at radius 1 is 0.861 bits per heavy atom. The Balaban J connectivity index is 1.87. The lowest BCUT2D eigenvalue weighted by atomic mass is 9.98. The second-order valence-electron chi connectivity index (χ2n) is 9.10. The highest BCUT2D eigenvalue weighted by atomic mass is 19.2. The van der Waals surface area contributed by atoms with Crippen LogP contribution >= 0.6 is 0 Å². The lowest BCUT2D eigenvalue weighted by molar-refractivity contribution is 0.495. The third-order valence-corrected chi connectivity index (χ3v) is 6.94. The number of rotatable bonds is 2. The van der Waals surface area contributed by atoms with Gasteiger partial charge in [-0.25, -0.2) is 13.6 Å². The molecule has 180 valence electrons. The Morgan fingerprint density at radius 2 is 1.58 bits per heavy atom. The predicted octanol–water partition coefficient (Wildman–Crippen LogP) is 4.80. The molecule has 1 aliphatic rings. The molecule has 3 aromatic carbocycles. The Bertz CT molecular complexity index is 1810. The number of aryl methyl sites for hydroxylation is 2. The van der Waals surface area contributed by atoms with E-state index in [9.17, 15) is 14.0 Å². The van der Waals surface area contributed by atoms with Crippen molar-refractivity contribution in [2.24, 2.45) is 14.1 Å². The SMILES string of the molecule is Cc1ccc(-c2c3c(=O)n(C)c(=O)n(C)c3c3n2-c2ccccc2NC3c2cccc(F)c2F)cc1. The molecule has 0 saturated heterocycles. The van der Waals surface area contributed by atoms with Gasteiger partial charge in [0.25, 0.3) is 5.56 Å². The van der Waals surface area contributed by atoms with Crippen LogP contribution in [0.4, 0.5) is 14.5 Å². The summed E-state index contributed by atoms with van der Waals surface area (Å²) >= 11 is 0. The zero-order valence-electron chi connectivity index (χ0n) is 19.8. The van der Waals surface area contributed by atoms with E-state index in [1.54, 1.807) is 7.05 Å². The van der Waals surface area contributed by atoms with Crippen molar-refractivity contribution in [3.63, 3.8) is 0 Å². The fourth-order valence-electron chi connectivity index (χ4n) is 5.18. The van der Waals surface area contributed by atoms with Crippen LogP contribution in [0.25, 0.3) is 27.8 Å². The van der Waals surface area contributed by atoms with Crippen LogP contribution in [0.15, 0.2) is 76.3 Å². The lowest BCUT2D eigenvalue weighted by Crippen LogP contribution is -2.37. The van der Waals surface area contributed by atoms with E-state index in [2.05, 4.69) is 5.32 Å². The topological polar surface area (TPSA) is 61.0 Å². The van der Waals surface area contributed by atoms with E-state index in [0.29, 0.717) is 28.0 Å². The molecule has 1 aliphatic heterocycles. The van der Waals surface area contributed by atoms with E-state index in [1.165, 1.54) is 23.7 Å². The van der Waals surface area contributed by atoms with Crippen molar-refractivity contribution in [3.05, 3.63) is 116 Å². The number of nitrogens with one attached hydrogen (secondary N) is 1. The Hall–Kier alpha value is -4.46. The summed E-state index contributed by atoms with van der Waals surface area (Å²) in [6, 6.07) is 18.4. The molecule has 0 aliphatic carbocycles. The molecule has 8 heteroatoms. The maximum atomic E-state index is 15.2. The fraction of sp³-hybridized carbons (Fsp3) is 0.143.